The molecule has 0 spiro atoms. The number of fused-ring (bicyclic) bond motifs is 2. The van der Waals surface area contributed by atoms with E-state index in [1.165, 1.54) is 12.1 Å². The molecule has 2 aliphatic rings. The second-order valence-electron chi connectivity index (χ2n) is 9.34. The van der Waals surface area contributed by atoms with Crippen molar-refractivity contribution >= 4 is 34.4 Å². The number of nitrogens with zero attached hydrogens (tertiary/aromatic N) is 2. The van der Waals surface area contributed by atoms with Gasteiger partial charge in [-0.1, -0.05) is 24.3 Å². The number of carbonyl (C=O) groups is 2. The maximum Gasteiger partial charge on any atom is 0.342 e. The first-order valence-electron chi connectivity index (χ1n) is 12.5. The molecule has 1 saturated carbocycles. The van der Waals surface area contributed by atoms with E-state index in [1.54, 1.807) is 30.7 Å². The van der Waals surface area contributed by atoms with Crippen molar-refractivity contribution in [3.05, 3.63) is 95.8 Å². The number of benzene rings is 2. The first-order valence-corrected chi connectivity index (χ1v) is 12.5. The highest BCUT2D eigenvalue weighted by Gasteiger charge is 2.45. The standard InChI is InChI=1S/C30H26N2O6/c1-35-26-17-20-8-3-2-7-19(20)16-24(26)30(34)38-18-27(33)32-29(25-12-6-14-37-25)23-11-4-9-21(28(23)31-32)15-22-10-5-13-36-22/h2-3,5-8,10,12-17,23,29H,4,9,11,18H2,1H3. The van der Waals surface area contributed by atoms with Crippen molar-refractivity contribution < 1.29 is 27.9 Å². The molecule has 8 nitrogen and oxygen atoms in total. The van der Waals surface area contributed by atoms with E-state index in [1.807, 2.05) is 48.5 Å². The van der Waals surface area contributed by atoms with Gasteiger partial charge in [0.05, 0.1) is 25.3 Å². The molecule has 2 aromatic carbocycles. The first-order chi connectivity index (χ1) is 18.6. The monoisotopic (exact) mass is 510 g/mol. The molecule has 4 aromatic rings. The normalized spacial score (nSPS) is 19.9. The Hall–Kier alpha value is -4.59. The summed E-state index contributed by atoms with van der Waals surface area (Å²) < 4.78 is 22.1. The molecular formula is C30H26N2O6. The summed E-state index contributed by atoms with van der Waals surface area (Å²) in [7, 11) is 1.50. The van der Waals surface area contributed by atoms with Crippen molar-refractivity contribution in [3.63, 3.8) is 0 Å². The maximum atomic E-state index is 13.5. The van der Waals surface area contributed by atoms with Crippen LogP contribution in [0.5, 0.6) is 5.75 Å². The maximum absolute atomic E-state index is 13.5. The lowest BCUT2D eigenvalue weighted by Gasteiger charge is -2.27. The zero-order valence-corrected chi connectivity index (χ0v) is 20.8. The van der Waals surface area contributed by atoms with Gasteiger partial charge in [-0.25, -0.2) is 9.80 Å². The van der Waals surface area contributed by atoms with E-state index in [0.29, 0.717) is 11.5 Å². The molecule has 0 radical (unpaired) electrons. The summed E-state index contributed by atoms with van der Waals surface area (Å²) in [4.78, 5) is 26.5. The molecule has 2 atom stereocenters. The minimum absolute atomic E-state index is 0.0312. The lowest BCUT2D eigenvalue weighted by molar-refractivity contribution is -0.137. The third-order valence-electron chi connectivity index (χ3n) is 7.07. The second kappa shape index (κ2) is 10.0. The Labute approximate surface area is 219 Å². The summed E-state index contributed by atoms with van der Waals surface area (Å²) in [6.45, 7) is -0.466. The first kappa shape index (κ1) is 23.8. The van der Waals surface area contributed by atoms with Crippen LogP contribution in [0, 0.1) is 5.92 Å². The number of hydrogen-bond donors (Lipinski definition) is 0. The van der Waals surface area contributed by atoms with Gasteiger partial charge >= 0.3 is 5.97 Å². The SMILES string of the molecule is COc1cc2ccccc2cc1C(=O)OCC(=O)N1N=C2C(=Cc3ccco3)CCCC2C1c1ccco1. The van der Waals surface area contributed by atoms with Crippen LogP contribution in [-0.2, 0) is 9.53 Å². The highest BCUT2D eigenvalue weighted by molar-refractivity contribution is 6.08. The van der Waals surface area contributed by atoms with Gasteiger partial charge in [0, 0.05) is 5.92 Å². The number of ether oxygens (including phenoxy) is 2. The van der Waals surface area contributed by atoms with Crippen molar-refractivity contribution in [1.82, 2.24) is 5.01 Å². The molecule has 192 valence electrons. The van der Waals surface area contributed by atoms with Crippen LogP contribution in [0.15, 0.2) is 92.7 Å². The molecule has 0 bridgehead atoms. The Kier molecular flexibility index (Phi) is 6.29. The van der Waals surface area contributed by atoms with E-state index in [9.17, 15) is 9.59 Å². The van der Waals surface area contributed by atoms with E-state index < -0.39 is 24.5 Å². The Balaban J connectivity index is 1.26. The van der Waals surface area contributed by atoms with Gasteiger partial charge in [-0.3, -0.25) is 4.79 Å². The van der Waals surface area contributed by atoms with Crippen LogP contribution in [0.3, 0.4) is 0 Å². The number of allylic oxidation sites excluding steroid dienone is 1. The highest BCUT2D eigenvalue weighted by Crippen LogP contribution is 2.44. The van der Waals surface area contributed by atoms with Crippen LogP contribution in [0.4, 0.5) is 0 Å². The molecule has 3 heterocycles. The van der Waals surface area contributed by atoms with Crippen LogP contribution < -0.4 is 4.74 Å². The Morgan fingerprint density at radius 3 is 2.58 bits per heavy atom. The number of methoxy groups -OCH3 is 1. The summed E-state index contributed by atoms with van der Waals surface area (Å²) in [5.41, 5.74) is 2.12. The average molecular weight is 511 g/mol. The minimum Gasteiger partial charge on any atom is -0.496 e. The van der Waals surface area contributed by atoms with Gasteiger partial charge in [0.25, 0.3) is 5.91 Å². The van der Waals surface area contributed by atoms with Crippen molar-refractivity contribution in [2.75, 3.05) is 13.7 Å². The molecule has 1 aliphatic heterocycles. The Morgan fingerprint density at radius 2 is 1.84 bits per heavy atom. The third-order valence-corrected chi connectivity index (χ3v) is 7.07. The number of hydrogen-bond acceptors (Lipinski definition) is 7. The minimum atomic E-state index is -0.641. The second-order valence-corrected chi connectivity index (χ2v) is 9.34. The molecule has 6 rings (SSSR count). The molecule has 0 N–H and O–H groups in total. The zero-order valence-electron chi connectivity index (χ0n) is 20.8. The fourth-order valence-corrected chi connectivity index (χ4v) is 5.31. The van der Waals surface area contributed by atoms with Gasteiger partial charge in [0.15, 0.2) is 6.61 Å². The van der Waals surface area contributed by atoms with E-state index in [-0.39, 0.29) is 11.5 Å². The highest BCUT2D eigenvalue weighted by atomic mass is 16.5. The molecule has 1 aliphatic carbocycles. The van der Waals surface area contributed by atoms with Gasteiger partial charge in [-0.05, 0) is 78.1 Å². The molecule has 1 fully saturated rings. The molecule has 38 heavy (non-hydrogen) atoms. The smallest absolute Gasteiger partial charge is 0.342 e. The number of esters is 1. The zero-order chi connectivity index (χ0) is 26.1. The van der Waals surface area contributed by atoms with E-state index >= 15 is 0 Å². The summed E-state index contributed by atoms with van der Waals surface area (Å²) in [5.74, 6) is 0.660. The number of carbonyl (C=O) groups excluding carboxylic acids is 2. The molecule has 8 heteroatoms. The predicted octanol–water partition coefficient (Wildman–Crippen LogP) is 6.01. The lowest BCUT2D eigenvalue weighted by Crippen LogP contribution is -2.34. The molecule has 2 aromatic heterocycles. The molecule has 2 unspecified atom stereocenters. The van der Waals surface area contributed by atoms with Crippen LogP contribution in [0.1, 0.15) is 47.2 Å². The number of rotatable bonds is 6. The quantitative estimate of drug-likeness (QED) is 0.295. The van der Waals surface area contributed by atoms with Gasteiger partial charge in [0.1, 0.15) is 28.9 Å². The topological polar surface area (TPSA) is 94.5 Å². The largest absolute Gasteiger partial charge is 0.496 e. The summed E-state index contributed by atoms with van der Waals surface area (Å²) in [6.07, 6.45) is 7.83. The van der Waals surface area contributed by atoms with E-state index in [4.69, 9.17) is 23.4 Å². The number of amides is 1. The molecule has 1 amide bonds. The van der Waals surface area contributed by atoms with Crippen molar-refractivity contribution in [2.24, 2.45) is 11.0 Å². The molecular weight excluding hydrogens is 484 g/mol. The van der Waals surface area contributed by atoms with Crippen LogP contribution in [0.2, 0.25) is 0 Å². The fourth-order valence-electron chi connectivity index (χ4n) is 5.31. The van der Waals surface area contributed by atoms with Gasteiger partial charge < -0.3 is 18.3 Å². The van der Waals surface area contributed by atoms with Crippen LogP contribution >= 0.6 is 0 Å². The molecule has 0 saturated heterocycles. The summed E-state index contributed by atoms with van der Waals surface area (Å²) in [5, 5.41) is 7.96. The van der Waals surface area contributed by atoms with Crippen molar-refractivity contribution in [3.8, 4) is 5.75 Å². The predicted molar refractivity (Wildman–Crippen MR) is 141 cm³/mol. The van der Waals surface area contributed by atoms with Crippen molar-refractivity contribution in [2.45, 2.75) is 25.3 Å². The van der Waals surface area contributed by atoms with Gasteiger partial charge in [-0.15, -0.1) is 0 Å². The fraction of sp³-hybridized carbons (Fsp3) is 0.233. The number of furan rings is 2. The number of hydrazone groups is 1. The van der Waals surface area contributed by atoms with E-state index in [2.05, 4.69) is 0 Å². The lowest BCUT2D eigenvalue weighted by atomic mass is 9.79. The summed E-state index contributed by atoms with van der Waals surface area (Å²) >= 11 is 0. The Morgan fingerprint density at radius 1 is 1.05 bits per heavy atom. The van der Waals surface area contributed by atoms with Crippen LogP contribution in [-0.4, -0.2) is 36.3 Å². The van der Waals surface area contributed by atoms with Gasteiger partial charge in [0.2, 0.25) is 0 Å². The third kappa shape index (κ3) is 4.38. The van der Waals surface area contributed by atoms with Gasteiger partial charge in [-0.2, -0.15) is 5.10 Å². The van der Waals surface area contributed by atoms with E-state index in [0.717, 1.165) is 47.1 Å². The Bertz CT molecular complexity index is 1530. The summed E-state index contributed by atoms with van der Waals surface area (Å²) in [6, 6.07) is 18.1. The van der Waals surface area contributed by atoms with Crippen molar-refractivity contribution in [1.29, 1.82) is 0 Å². The average Bonchev–Trinajstić information content (AvgIpc) is 3.72. The van der Waals surface area contributed by atoms with Crippen LogP contribution in [0.25, 0.3) is 16.8 Å².